The molecular formula is C9H16O. The van der Waals surface area contributed by atoms with Crippen molar-refractivity contribution < 1.29 is 5.11 Å². The second-order valence-electron chi connectivity index (χ2n) is 2.68. The van der Waals surface area contributed by atoms with Crippen LogP contribution in [0.3, 0.4) is 0 Å². The molecule has 0 aliphatic carbocycles. The summed E-state index contributed by atoms with van der Waals surface area (Å²) in [4.78, 5) is 0. The number of rotatable bonds is 2. The van der Waals surface area contributed by atoms with E-state index in [2.05, 4.69) is 11.8 Å². The number of aliphatic hydroxyl groups is 1. The zero-order valence-corrected chi connectivity index (χ0v) is 7.07. The Morgan fingerprint density at radius 2 is 2.00 bits per heavy atom. The minimum atomic E-state index is -0.759. The van der Waals surface area contributed by atoms with Gasteiger partial charge in [-0.05, 0) is 13.3 Å². The topological polar surface area (TPSA) is 20.2 Å². The van der Waals surface area contributed by atoms with Gasteiger partial charge in [-0.2, -0.15) is 0 Å². The Hall–Kier alpha value is -0.480. The van der Waals surface area contributed by atoms with E-state index in [1.54, 1.807) is 6.92 Å². The molecule has 0 rings (SSSR count). The van der Waals surface area contributed by atoms with Crippen molar-refractivity contribution >= 4 is 0 Å². The molecular weight excluding hydrogens is 124 g/mol. The van der Waals surface area contributed by atoms with Gasteiger partial charge in [0.05, 0.1) is 0 Å². The van der Waals surface area contributed by atoms with Crippen molar-refractivity contribution in [2.24, 2.45) is 0 Å². The van der Waals surface area contributed by atoms with Gasteiger partial charge in [-0.25, -0.2) is 0 Å². The van der Waals surface area contributed by atoms with Crippen LogP contribution >= 0.6 is 0 Å². The Labute approximate surface area is 63.5 Å². The van der Waals surface area contributed by atoms with E-state index in [1.165, 1.54) is 0 Å². The highest BCUT2D eigenvalue weighted by molar-refractivity contribution is 5.11. The maximum Gasteiger partial charge on any atom is 0.122 e. The van der Waals surface area contributed by atoms with E-state index in [0.717, 1.165) is 19.3 Å². The molecule has 0 aromatic carbocycles. The van der Waals surface area contributed by atoms with E-state index < -0.39 is 5.60 Å². The molecule has 0 heterocycles. The van der Waals surface area contributed by atoms with Crippen molar-refractivity contribution in [3.63, 3.8) is 0 Å². The zero-order chi connectivity index (χ0) is 8.04. The van der Waals surface area contributed by atoms with Crippen LogP contribution in [-0.4, -0.2) is 10.7 Å². The first kappa shape index (κ1) is 9.52. The molecule has 0 aliphatic rings. The summed E-state index contributed by atoms with van der Waals surface area (Å²) in [6, 6.07) is 0. The molecule has 1 atom stereocenters. The maximum atomic E-state index is 9.47. The highest BCUT2D eigenvalue weighted by Crippen LogP contribution is 2.09. The Morgan fingerprint density at radius 3 is 2.40 bits per heavy atom. The number of hydrogen-bond donors (Lipinski definition) is 1. The molecule has 0 saturated carbocycles. The van der Waals surface area contributed by atoms with Crippen molar-refractivity contribution in [1.29, 1.82) is 0 Å². The summed E-state index contributed by atoms with van der Waals surface area (Å²) >= 11 is 0. The highest BCUT2D eigenvalue weighted by atomic mass is 16.3. The van der Waals surface area contributed by atoms with Crippen LogP contribution < -0.4 is 0 Å². The van der Waals surface area contributed by atoms with Gasteiger partial charge < -0.3 is 5.11 Å². The predicted molar refractivity (Wildman–Crippen MR) is 43.6 cm³/mol. The summed E-state index contributed by atoms with van der Waals surface area (Å²) in [6.45, 7) is 5.79. The summed E-state index contributed by atoms with van der Waals surface area (Å²) in [5.74, 6) is 5.69. The fraction of sp³-hybridized carbons (Fsp3) is 0.778. The second-order valence-corrected chi connectivity index (χ2v) is 2.68. The van der Waals surface area contributed by atoms with Gasteiger partial charge in [0, 0.05) is 6.42 Å². The third-order valence-corrected chi connectivity index (χ3v) is 1.27. The molecule has 1 unspecified atom stereocenters. The Bertz CT molecular complexity index is 137. The van der Waals surface area contributed by atoms with E-state index in [4.69, 9.17) is 0 Å². The molecule has 0 spiro atoms. The molecule has 0 radical (unpaired) electrons. The van der Waals surface area contributed by atoms with E-state index >= 15 is 0 Å². The van der Waals surface area contributed by atoms with Crippen LogP contribution in [0, 0.1) is 11.8 Å². The summed E-state index contributed by atoms with van der Waals surface area (Å²) in [5.41, 5.74) is -0.759. The predicted octanol–water partition coefficient (Wildman–Crippen LogP) is 1.95. The summed E-state index contributed by atoms with van der Waals surface area (Å²) < 4.78 is 0. The standard InChI is InChI=1S/C9H16O/c1-4-6-8-9(3,10)7-5-2/h10H,4-5,7H2,1-3H3. The Kier molecular flexibility index (Phi) is 4.14. The molecule has 1 nitrogen and oxygen atoms in total. The summed E-state index contributed by atoms with van der Waals surface area (Å²) in [7, 11) is 0. The van der Waals surface area contributed by atoms with Crippen LogP contribution in [0.25, 0.3) is 0 Å². The molecule has 1 N–H and O–H groups in total. The second kappa shape index (κ2) is 4.35. The Balaban J connectivity index is 3.85. The molecule has 0 aromatic heterocycles. The zero-order valence-electron chi connectivity index (χ0n) is 7.07. The monoisotopic (exact) mass is 140 g/mol. The lowest BCUT2D eigenvalue weighted by Gasteiger charge is -2.13. The van der Waals surface area contributed by atoms with Crippen molar-refractivity contribution in [1.82, 2.24) is 0 Å². The van der Waals surface area contributed by atoms with Gasteiger partial charge in [0.2, 0.25) is 0 Å². The first-order valence-electron chi connectivity index (χ1n) is 3.84. The van der Waals surface area contributed by atoms with Gasteiger partial charge >= 0.3 is 0 Å². The minimum absolute atomic E-state index is 0.759. The average Bonchev–Trinajstić information content (AvgIpc) is 1.84. The minimum Gasteiger partial charge on any atom is -0.378 e. The lowest BCUT2D eigenvalue weighted by molar-refractivity contribution is 0.111. The largest absolute Gasteiger partial charge is 0.378 e. The van der Waals surface area contributed by atoms with E-state index in [9.17, 15) is 5.11 Å². The van der Waals surface area contributed by atoms with Crippen molar-refractivity contribution in [3.8, 4) is 11.8 Å². The highest BCUT2D eigenvalue weighted by Gasteiger charge is 2.13. The van der Waals surface area contributed by atoms with E-state index in [1.807, 2.05) is 13.8 Å². The normalized spacial score (nSPS) is 15.2. The molecule has 0 saturated heterocycles. The smallest absolute Gasteiger partial charge is 0.122 e. The van der Waals surface area contributed by atoms with Crippen LogP contribution in [0.5, 0.6) is 0 Å². The third-order valence-electron chi connectivity index (χ3n) is 1.27. The molecule has 0 amide bonds. The quantitative estimate of drug-likeness (QED) is 0.581. The molecule has 1 heteroatoms. The van der Waals surface area contributed by atoms with Gasteiger partial charge in [-0.1, -0.05) is 26.2 Å². The third kappa shape index (κ3) is 4.40. The summed E-state index contributed by atoms with van der Waals surface area (Å²) in [6.07, 6.45) is 2.56. The van der Waals surface area contributed by atoms with Crippen molar-refractivity contribution in [2.75, 3.05) is 0 Å². The van der Waals surface area contributed by atoms with Gasteiger partial charge in [-0.3, -0.25) is 0 Å². The summed E-state index contributed by atoms with van der Waals surface area (Å²) in [5, 5.41) is 9.47. The molecule has 58 valence electrons. The fourth-order valence-corrected chi connectivity index (χ4v) is 0.828. The molecule has 0 fully saturated rings. The van der Waals surface area contributed by atoms with Crippen LogP contribution in [0.2, 0.25) is 0 Å². The number of hydrogen-bond acceptors (Lipinski definition) is 1. The lowest BCUT2D eigenvalue weighted by atomic mass is 10.0. The van der Waals surface area contributed by atoms with Crippen LogP contribution in [0.1, 0.15) is 40.0 Å². The molecule has 0 bridgehead atoms. The molecule has 0 aromatic rings. The van der Waals surface area contributed by atoms with Gasteiger partial charge in [0.25, 0.3) is 0 Å². The first-order chi connectivity index (χ1) is 4.62. The average molecular weight is 140 g/mol. The van der Waals surface area contributed by atoms with Crippen molar-refractivity contribution in [3.05, 3.63) is 0 Å². The maximum absolute atomic E-state index is 9.47. The molecule has 10 heavy (non-hydrogen) atoms. The van der Waals surface area contributed by atoms with Crippen LogP contribution in [0.15, 0.2) is 0 Å². The van der Waals surface area contributed by atoms with Crippen LogP contribution in [-0.2, 0) is 0 Å². The van der Waals surface area contributed by atoms with Gasteiger partial charge in [0.15, 0.2) is 0 Å². The van der Waals surface area contributed by atoms with Crippen molar-refractivity contribution in [2.45, 2.75) is 45.6 Å². The molecule has 0 aliphatic heterocycles. The lowest BCUT2D eigenvalue weighted by Crippen LogP contribution is -2.20. The van der Waals surface area contributed by atoms with Gasteiger partial charge in [-0.15, -0.1) is 5.92 Å². The Morgan fingerprint density at radius 1 is 1.40 bits per heavy atom. The van der Waals surface area contributed by atoms with E-state index in [0.29, 0.717) is 0 Å². The fourth-order valence-electron chi connectivity index (χ4n) is 0.828. The first-order valence-corrected chi connectivity index (χ1v) is 3.84. The van der Waals surface area contributed by atoms with Crippen LogP contribution in [0.4, 0.5) is 0 Å². The SMILES string of the molecule is CCC#CC(C)(O)CCC. The van der Waals surface area contributed by atoms with E-state index in [-0.39, 0.29) is 0 Å². The van der Waals surface area contributed by atoms with Gasteiger partial charge in [0.1, 0.15) is 5.60 Å².